The maximum absolute atomic E-state index is 12.7. The lowest BCUT2D eigenvalue weighted by Gasteiger charge is -2.27. The molecule has 1 aliphatic heterocycles. The second kappa shape index (κ2) is 6.46. The van der Waals surface area contributed by atoms with Crippen LogP contribution in [0.1, 0.15) is 28.2 Å². The number of nitrogens with zero attached hydrogens (tertiary/aromatic N) is 2. The van der Waals surface area contributed by atoms with Gasteiger partial charge in [0.05, 0.1) is 13.2 Å². The number of para-hydroxylation sites is 1. The number of aromatic nitrogens is 2. The standard InChI is InChI=1S/C16H17F2N3O3/c1-21-12(7-11(20-21)15(17)18)16(22)19-10-6-9-4-3-5-13(23-2)14(9)24-8-10/h3-5,7,10,15H,6,8H2,1-2H3,(H,19,22)/t10-/m1/s1. The minimum absolute atomic E-state index is 0.0849. The van der Waals surface area contributed by atoms with Gasteiger partial charge in [0.25, 0.3) is 12.3 Å². The molecule has 1 atom stereocenters. The zero-order valence-electron chi connectivity index (χ0n) is 13.3. The summed E-state index contributed by atoms with van der Waals surface area (Å²) < 4.78 is 37.4. The van der Waals surface area contributed by atoms with E-state index in [0.717, 1.165) is 16.3 Å². The number of aryl methyl sites for hydroxylation is 1. The monoisotopic (exact) mass is 337 g/mol. The van der Waals surface area contributed by atoms with Crippen molar-refractivity contribution in [2.75, 3.05) is 13.7 Å². The summed E-state index contributed by atoms with van der Waals surface area (Å²) in [6.45, 7) is 0.276. The number of carbonyl (C=O) groups is 1. The molecule has 0 radical (unpaired) electrons. The minimum Gasteiger partial charge on any atom is -0.493 e. The molecule has 1 aromatic carbocycles. The van der Waals surface area contributed by atoms with Gasteiger partial charge in [0.2, 0.25) is 0 Å². The summed E-state index contributed by atoms with van der Waals surface area (Å²) in [6.07, 6.45) is -2.15. The zero-order chi connectivity index (χ0) is 17.3. The molecule has 0 fully saturated rings. The predicted octanol–water partition coefficient (Wildman–Crippen LogP) is 2.10. The Hall–Kier alpha value is -2.64. The van der Waals surface area contributed by atoms with Gasteiger partial charge in [0.1, 0.15) is 18.0 Å². The molecule has 8 heteroatoms. The lowest BCUT2D eigenvalue weighted by atomic mass is 10.0. The average molecular weight is 337 g/mol. The molecule has 2 heterocycles. The lowest BCUT2D eigenvalue weighted by molar-refractivity contribution is 0.0905. The quantitative estimate of drug-likeness (QED) is 0.928. The van der Waals surface area contributed by atoms with Crippen molar-refractivity contribution in [3.8, 4) is 11.5 Å². The number of methoxy groups -OCH3 is 1. The molecular weight excluding hydrogens is 320 g/mol. The van der Waals surface area contributed by atoms with Crippen LogP contribution in [0.2, 0.25) is 0 Å². The normalized spacial score (nSPS) is 16.5. The van der Waals surface area contributed by atoms with E-state index in [2.05, 4.69) is 10.4 Å². The second-order valence-electron chi connectivity index (χ2n) is 5.51. The van der Waals surface area contributed by atoms with Crippen LogP contribution in [-0.4, -0.2) is 35.4 Å². The Labute approximate surface area is 137 Å². The molecule has 6 nitrogen and oxygen atoms in total. The molecule has 0 saturated carbocycles. The number of fused-ring (bicyclic) bond motifs is 1. The number of ether oxygens (including phenoxy) is 2. The van der Waals surface area contributed by atoms with Crippen LogP contribution < -0.4 is 14.8 Å². The minimum atomic E-state index is -2.71. The molecule has 128 valence electrons. The number of halogens is 2. The number of carbonyl (C=O) groups excluding carboxylic acids is 1. The van der Waals surface area contributed by atoms with E-state index < -0.39 is 18.0 Å². The first kappa shape index (κ1) is 16.2. The van der Waals surface area contributed by atoms with Crippen LogP contribution in [0.5, 0.6) is 11.5 Å². The van der Waals surface area contributed by atoms with Gasteiger partial charge in [-0.05, 0) is 18.6 Å². The van der Waals surface area contributed by atoms with Gasteiger partial charge in [0, 0.05) is 12.6 Å². The lowest BCUT2D eigenvalue weighted by Crippen LogP contribution is -2.43. The maximum Gasteiger partial charge on any atom is 0.282 e. The topological polar surface area (TPSA) is 65.4 Å². The van der Waals surface area contributed by atoms with Crippen molar-refractivity contribution in [2.45, 2.75) is 18.9 Å². The Kier molecular flexibility index (Phi) is 4.37. The van der Waals surface area contributed by atoms with Gasteiger partial charge in [-0.15, -0.1) is 0 Å². The highest BCUT2D eigenvalue weighted by atomic mass is 19.3. The van der Waals surface area contributed by atoms with Crippen molar-refractivity contribution in [3.63, 3.8) is 0 Å². The third-order valence-corrected chi connectivity index (χ3v) is 3.87. The van der Waals surface area contributed by atoms with E-state index in [1.807, 2.05) is 12.1 Å². The number of rotatable bonds is 4. The van der Waals surface area contributed by atoms with Gasteiger partial charge in [-0.3, -0.25) is 9.48 Å². The van der Waals surface area contributed by atoms with E-state index in [-0.39, 0.29) is 18.3 Å². The summed E-state index contributed by atoms with van der Waals surface area (Å²) in [5.74, 6) is 0.855. The number of nitrogens with one attached hydrogen (secondary N) is 1. The summed E-state index contributed by atoms with van der Waals surface area (Å²) >= 11 is 0. The molecular formula is C16H17F2N3O3. The van der Waals surface area contributed by atoms with Crippen LogP contribution in [-0.2, 0) is 13.5 Å². The molecule has 0 spiro atoms. The van der Waals surface area contributed by atoms with E-state index in [1.165, 1.54) is 7.05 Å². The predicted molar refractivity (Wildman–Crippen MR) is 81.6 cm³/mol. The molecule has 2 aromatic rings. The third kappa shape index (κ3) is 3.04. The number of alkyl halides is 2. The first-order valence-corrected chi connectivity index (χ1v) is 7.41. The van der Waals surface area contributed by atoms with Crippen LogP contribution in [0.25, 0.3) is 0 Å². The molecule has 1 aliphatic rings. The van der Waals surface area contributed by atoms with Crippen molar-refractivity contribution in [1.82, 2.24) is 15.1 Å². The molecule has 1 aromatic heterocycles. The molecule has 3 rings (SSSR count). The fraction of sp³-hybridized carbons (Fsp3) is 0.375. The number of benzene rings is 1. The van der Waals surface area contributed by atoms with Crippen LogP contribution in [0, 0.1) is 0 Å². The van der Waals surface area contributed by atoms with Gasteiger partial charge in [-0.2, -0.15) is 5.10 Å². The highest BCUT2D eigenvalue weighted by Gasteiger charge is 2.26. The highest BCUT2D eigenvalue weighted by molar-refractivity contribution is 5.93. The van der Waals surface area contributed by atoms with E-state index in [1.54, 1.807) is 13.2 Å². The third-order valence-electron chi connectivity index (χ3n) is 3.87. The second-order valence-corrected chi connectivity index (χ2v) is 5.51. The van der Waals surface area contributed by atoms with Crippen molar-refractivity contribution in [2.24, 2.45) is 7.05 Å². The highest BCUT2D eigenvalue weighted by Crippen LogP contribution is 2.34. The fourth-order valence-electron chi connectivity index (χ4n) is 2.72. The molecule has 1 amide bonds. The average Bonchev–Trinajstić information content (AvgIpc) is 2.96. The SMILES string of the molecule is COc1cccc2c1OC[C@H](NC(=O)c1cc(C(F)F)nn1C)C2. The van der Waals surface area contributed by atoms with Gasteiger partial charge in [-0.1, -0.05) is 12.1 Å². The Morgan fingerprint density at radius 3 is 2.96 bits per heavy atom. The molecule has 0 bridgehead atoms. The van der Waals surface area contributed by atoms with Crippen molar-refractivity contribution < 1.29 is 23.0 Å². The van der Waals surface area contributed by atoms with E-state index in [9.17, 15) is 13.6 Å². The van der Waals surface area contributed by atoms with Gasteiger partial charge in [0.15, 0.2) is 11.5 Å². The summed E-state index contributed by atoms with van der Waals surface area (Å²) in [5, 5.41) is 6.44. The smallest absolute Gasteiger partial charge is 0.282 e. The summed E-state index contributed by atoms with van der Waals surface area (Å²) in [4.78, 5) is 12.3. The van der Waals surface area contributed by atoms with Crippen LogP contribution >= 0.6 is 0 Å². The summed E-state index contributed by atoms with van der Waals surface area (Å²) in [7, 11) is 3.02. The van der Waals surface area contributed by atoms with Crippen LogP contribution in [0.4, 0.5) is 8.78 Å². The Bertz CT molecular complexity index is 761. The number of amides is 1. The molecule has 24 heavy (non-hydrogen) atoms. The first-order chi connectivity index (χ1) is 11.5. The zero-order valence-corrected chi connectivity index (χ0v) is 13.3. The Balaban J connectivity index is 1.72. The largest absolute Gasteiger partial charge is 0.493 e. The summed E-state index contributed by atoms with van der Waals surface area (Å²) in [5.41, 5.74) is 0.587. The molecule has 0 aliphatic carbocycles. The van der Waals surface area contributed by atoms with Crippen molar-refractivity contribution >= 4 is 5.91 Å². The van der Waals surface area contributed by atoms with E-state index >= 15 is 0 Å². The van der Waals surface area contributed by atoms with Crippen LogP contribution in [0.3, 0.4) is 0 Å². The number of hydrogen-bond donors (Lipinski definition) is 1. The van der Waals surface area contributed by atoms with E-state index in [4.69, 9.17) is 9.47 Å². The van der Waals surface area contributed by atoms with Crippen LogP contribution in [0.15, 0.2) is 24.3 Å². The van der Waals surface area contributed by atoms with Gasteiger partial charge < -0.3 is 14.8 Å². The number of hydrogen-bond acceptors (Lipinski definition) is 4. The molecule has 0 unspecified atom stereocenters. The van der Waals surface area contributed by atoms with Crippen molar-refractivity contribution in [1.29, 1.82) is 0 Å². The summed E-state index contributed by atoms with van der Waals surface area (Å²) in [6, 6.07) is 6.39. The Morgan fingerprint density at radius 2 is 2.29 bits per heavy atom. The molecule has 0 saturated heterocycles. The Morgan fingerprint density at radius 1 is 1.50 bits per heavy atom. The van der Waals surface area contributed by atoms with E-state index in [0.29, 0.717) is 17.9 Å². The van der Waals surface area contributed by atoms with Crippen molar-refractivity contribution in [3.05, 3.63) is 41.2 Å². The fourth-order valence-corrected chi connectivity index (χ4v) is 2.72. The van der Waals surface area contributed by atoms with Gasteiger partial charge in [-0.25, -0.2) is 8.78 Å². The molecule has 1 N–H and O–H groups in total. The van der Waals surface area contributed by atoms with Gasteiger partial charge >= 0.3 is 0 Å². The maximum atomic E-state index is 12.7. The first-order valence-electron chi connectivity index (χ1n) is 7.41.